The Balaban J connectivity index is 2.15. The molecule has 0 saturated carbocycles. The molecule has 0 aliphatic carbocycles. The Morgan fingerprint density at radius 1 is 1.25 bits per heavy atom. The van der Waals surface area contributed by atoms with Crippen molar-refractivity contribution in [2.45, 2.75) is 13.5 Å². The molecule has 0 aromatic heterocycles. The number of halogens is 2. The molecule has 0 atom stereocenters. The SMILES string of the molecule is CCOc1cccc(CNc2cccc(Cl)c2Br)c1O. The first-order valence-corrected chi connectivity index (χ1v) is 7.42. The molecule has 2 rings (SSSR count). The highest BCUT2D eigenvalue weighted by Crippen LogP contribution is 2.33. The Hall–Kier alpha value is -1.39. The van der Waals surface area contributed by atoms with Crippen LogP contribution in [0, 0.1) is 0 Å². The van der Waals surface area contributed by atoms with Gasteiger partial charge in [0.1, 0.15) is 0 Å². The Kier molecular flexibility index (Phi) is 5.15. The first-order chi connectivity index (χ1) is 9.63. The monoisotopic (exact) mass is 355 g/mol. The Morgan fingerprint density at radius 2 is 2.00 bits per heavy atom. The molecule has 2 aromatic rings. The third-order valence-corrected chi connectivity index (χ3v) is 4.20. The van der Waals surface area contributed by atoms with Crippen LogP contribution in [-0.4, -0.2) is 11.7 Å². The van der Waals surface area contributed by atoms with Gasteiger partial charge in [0.2, 0.25) is 0 Å². The highest BCUT2D eigenvalue weighted by atomic mass is 79.9. The van der Waals surface area contributed by atoms with E-state index in [4.69, 9.17) is 16.3 Å². The number of aromatic hydroxyl groups is 1. The molecule has 2 N–H and O–H groups in total. The summed E-state index contributed by atoms with van der Waals surface area (Å²) >= 11 is 9.47. The molecular formula is C15H15BrClNO2. The molecule has 0 heterocycles. The van der Waals surface area contributed by atoms with Crippen molar-refractivity contribution < 1.29 is 9.84 Å². The lowest BCUT2D eigenvalue weighted by atomic mass is 10.2. The molecule has 0 spiro atoms. The van der Waals surface area contributed by atoms with E-state index in [1.807, 2.05) is 37.3 Å². The van der Waals surface area contributed by atoms with Gasteiger partial charge in [-0.2, -0.15) is 0 Å². The van der Waals surface area contributed by atoms with E-state index in [0.29, 0.717) is 23.9 Å². The number of hydrogen-bond donors (Lipinski definition) is 2. The van der Waals surface area contributed by atoms with E-state index in [0.717, 1.165) is 15.7 Å². The van der Waals surface area contributed by atoms with Crippen molar-refractivity contribution in [1.29, 1.82) is 0 Å². The van der Waals surface area contributed by atoms with Crippen LogP contribution in [0.15, 0.2) is 40.9 Å². The number of hydrogen-bond acceptors (Lipinski definition) is 3. The van der Waals surface area contributed by atoms with Crippen LogP contribution >= 0.6 is 27.5 Å². The molecule has 20 heavy (non-hydrogen) atoms. The molecule has 0 fully saturated rings. The molecule has 0 aliphatic rings. The maximum Gasteiger partial charge on any atom is 0.162 e. The topological polar surface area (TPSA) is 41.5 Å². The number of rotatable bonds is 5. The predicted octanol–water partition coefficient (Wildman–Crippen LogP) is 4.82. The van der Waals surface area contributed by atoms with Gasteiger partial charge in [-0.1, -0.05) is 29.8 Å². The molecule has 3 nitrogen and oxygen atoms in total. The van der Waals surface area contributed by atoms with Crippen LogP contribution in [0.25, 0.3) is 0 Å². The standard InChI is InChI=1S/C15H15BrClNO2/c1-2-20-13-8-3-5-10(15(13)19)9-18-12-7-4-6-11(17)14(12)16/h3-8,18-19H,2,9H2,1H3. The third kappa shape index (κ3) is 3.38. The minimum atomic E-state index is 0.167. The number of benzene rings is 2. The van der Waals surface area contributed by atoms with Gasteiger partial charge in [-0.15, -0.1) is 0 Å². The summed E-state index contributed by atoms with van der Waals surface area (Å²) in [6.45, 7) is 2.88. The van der Waals surface area contributed by atoms with Gasteiger partial charge >= 0.3 is 0 Å². The maximum atomic E-state index is 10.1. The fourth-order valence-electron chi connectivity index (χ4n) is 1.81. The summed E-state index contributed by atoms with van der Waals surface area (Å²) < 4.78 is 6.17. The van der Waals surface area contributed by atoms with E-state index in [2.05, 4.69) is 21.2 Å². The highest BCUT2D eigenvalue weighted by Gasteiger charge is 2.09. The van der Waals surface area contributed by atoms with Crippen LogP contribution in [0.5, 0.6) is 11.5 Å². The number of phenols is 1. The number of ether oxygens (including phenoxy) is 1. The summed E-state index contributed by atoms with van der Waals surface area (Å²) in [6.07, 6.45) is 0. The van der Waals surface area contributed by atoms with Crippen molar-refractivity contribution in [2.24, 2.45) is 0 Å². The number of para-hydroxylation sites is 1. The lowest BCUT2D eigenvalue weighted by molar-refractivity contribution is 0.317. The summed E-state index contributed by atoms with van der Waals surface area (Å²) in [4.78, 5) is 0. The van der Waals surface area contributed by atoms with Gasteiger partial charge in [0.05, 0.1) is 21.8 Å². The van der Waals surface area contributed by atoms with Crippen LogP contribution < -0.4 is 10.1 Å². The van der Waals surface area contributed by atoms with Crippen molar-refractivity contribution in [2.75, 3.05) is 11.9 Å². The zero-order valence-corrected chi connectivity index (χ0v) is 13.3. The third-order valence-electron chi connectivity index (χ3n) is 2.80. The van der Waals surface area contributed by atoms with E-state index >= 15 is 0 Å². The molecule has 0 amide bonds. The minimum Gasteiger partial charge on any atom is -0.504 e. The molecule has 0 bridgehead atoms. The fourth-order valence-corrected chi connectivity index (χ4v) is 2.39. The Morgan fingerprint density at radius 3 is 2.75 bits per heavy atom. The maximum absolute atomic E-state index is 10.1. The van der Waals surface area contributed by atoms with Crippen molar-refractivity contribution in [1.82, 2.24) is 0 Å². The zero-order chi connectivity index (χ0) is 14.5. The van der Waals surface area contributed by atoms with Crippen molar-refractivity contribution in [3.05, 3.63) is 51.5 Å². The average molecular weight is 357 g/mol. The molecule has 0 aliphatic heterocycles. The van der Waals surface area contributed by atoms with Gasteiger partial charge in [-0.3, -0.25) is 0 Å². The summed E-state index contributed by atoms with van der Waals surface area (Å²) in [5, 5.41) is 14.0. The second-order valence-corrected chi connectivity index (χ2v) is 5.35. The normalized spacial score (nSPS) is 10.3. The molecule has 0 saturated heterocycles. The van der Waals surface area contributed by atoms with E-state index in [1.54, 1.807) is 6.07 Å². The van der Waals surface area contributed by atoms with Gasteiger partial charge in [0, 0.05) is 12.1 Å². The predicted molar refractivity (Wildman–Crippen MR) is 85.8 cm³/mol. The first-order valence-electron chi connectivity index (χ1n) is 6.25. The molecular weight excluding hydrogens is 342 g/mol. The van der Waals surface area contributed by atoms with Crippen LogP contribution in [0.3, 0.4) is 0 Å². The molecule has 0 unspecified atom stereocenters. The van der Waals surface area contributed by atoms with E-state index in [-0.39, 0.29) is 5.75 Å². The van der Waals surface area contributed by atoms with E-state index in [1.165, 1.54) is 0 Å². The largest absolute Gasteiger partial charge is 0.504 e. The number of phenolic OH excluding ortho intramolecular Hbond substituents is 1. The van der Waals surface area contributed by atoms with Crippen LogP contribution in [0.4, 0.5) is 5.69 Å². The van der Waals surface area contributed by atoms with Crippen molar-refractivity contribution in [3.63, 3.8) is 0 Å². The number of nitrogens with one attached hydrogen (secondary N) is 1. The van der Waals surface area contributed by atoms with Gasteiger partial charge in [0.15, 0.2) is 11.5 Å². The average Bonchev–Trinajstić information content (AvgIpc) is 2.44. The molecule has 2 aromatic carbocycles. The van der Waals surface area contributed by atoms with Gasteiger partial charge in [0.25, 0.3) is 0 Å². The summed E-state index contributed by atoms with van der Waals surface area (Å²) in [6, 6.07) is 11.0. The smallest absolute Gasteiger partial charge is 0.162 e. The Labute approximate surface area is 131 Å². The minimum absolute atomic E-state index is 0.167. The van der Waals surface area contributed by atoms with Crippen LogP contribution in [0.2, 0.25) is 5.02 Å². The summed E-state index contributed by atoms with van der Waals surface area (Å²) in [5.74, 6) is 0.664. The lowest BCUT2D eigenvalue weighted by Crippen LogP contribution is -2.01. The first kappa shape index (κ1) is 15.0. The quantitative estimate of drug-likeness (QED) is 0.807. The van der Waals surface area contributed by atoms with E-state index in [9.17, 15) is 5.11 Å². The molecule has 0 radical (unpaired) electrons. The second-order valence-electron chi connectivity index (χ2n) is 4.15. The van der Waals surface area contributed by atoms with Crippen molar-refractivity contribution >= 4 is 33.2 Å². The van der Waals surface area contributed by atoms with Gasteiger partial charge < -0.3 is 15.2 Å². The highest BCUT2D eigenvalue weighted by molar-refractivity contribution is 9.10. The lowest BCUT2D eigenvalue weighted by Gasteiger charge is -2.13. The van der Waals surface area contributed by atoms with Gasteiger partial charge in [-0.25, -0.2) is 0 Å². The second kappa shape index (κ2) is 6.86. The number of anilines is 1. The zero-order valence-electron chi connectivity index (χ0n) is 11.0. The van der Waals surface area contributed by atoms with E-state index < -0.39 is 0 Å². The Bertz CT molecular complexity index is 604. The summed E-state index contributed by atoms with van der Waals surface area (Å²) in [7, 11) is 0. The molecule has 106 valence electrons. The summed E-state index contributed by atoms with van der Waals surface area (Å²) in [5.41, 5.74) is 1.64. The van der Waals surface area contributed by atoms with Gasteiger partial charge in [-0.05, 0) is 41.1 Å². The van der Waals surface area contributed by atoms with Crippen molar-refractivity contribution in [3.8, 4) is 11.5 Å². The fraction of sp³-hybridized carbons (Fsp3) is 0.200. The van der Waals surface area contributed by atoms with Crippen LogP contribution in [-0.2, 0) is 6.54 Å². The molecule has 5 heteroatoms. The van der Waals surface area contributed by atoms with Crippen LogP contribution in [0.1, 0.15) is 12.5 Å².